The lowest BCUT2D eigenvalue weighted by Crippen LogP contribution is -2.71. The summed E-state index contributed by atoms with van der Waals surface area (Å²) >= 11 is 0. The zero-order valence-electron chi connectivity index (χ0n) is 24.2. The van der Waals surface area contributed by atoms with Gasteiger partial charge in [0, 0.05) is 23.7 Å². The zero-order chi connectivity index (χ0) is 30.1. The average Bonchev–Trinajstić information content (AvgIpc) is 3.03. The Hall–Kier alpha value is -2.14. The van der Waals surface area contributed by atoms with E-state index in [9.17, 15) is 33.8 Å². The maximum absolute atomic E-state index is 17.3. The first-order valence-corrected chi connectivity index (χ1v) is 14.3. The molecule has 11 heteroatoms. The highest BCUT2D eigenvalue weighted by atomic mass is 19.1. The Kier molecular flexibility index (Phi) is 7.70. The van der Waals surface area contributed by atoms with E-state index in [1.165, 1.54) is 0 Å². The second-order valence-corrected chi connectivity index (χ2v) is 14.0. The van der Waals surface area contributed by atoms with Crippen molar-refractivity contribution in [2.75, 3.05) is 6.61 Å². The van der Waals surface area contributed by atoms with E-state index < -0.39 is 82.3 Å². The van der Waals surface area contributed by atoms with Crippen molar-refractivity contribution in [2.24, 2.45) is 34.5 Å². The summed E-state index contributed by atoms with van der Waals surface area (Å²) in [7, 11) is 0. The third kappa shape index (κ3) is 4.55. The molecule has 40 heavy (non-hydrogen) atoms. The van der Waals surface area contributed by atoms with Crippen molar-refractivity contribution in [3.63, 3.8) is 0 Å². The van der Waals surface area contributed by atoms with E-state index in [1.807, 2.05) is 6.92 Å². The van der Waals surface area contributed by atoms with E-state index in [2.05, 4.69) is 0 Å². The van der Waals surface area contributed by atoms with Crippen LogP contribution in [0.2, 0.25) is 0 Å². The van der Waals surface area contributed by atoms with Crippen LogP contribution in [0.15, 0.2) is 0 Å². The molecule has 4 rings (SSSR count). The number of halogens is 2. The van der Waals surface area contributed by atoms with Gasteiger partial charge >= 0.3 is 12.1 Å². The van der Waals surface area contributed by atoms with Crippen molar-refractivity contribution < 1.29 is 47.6 Å². The van der Waals surface area contributed by atoms with E-state index in [0.29, 0.717) is 32.1 Å². The minimum atomic E-state index is -2.59. The topological polar surface area (TPSA) is 139 Å². The fourth-order valence-corrected chi connectivity index (χ4v) is 8.77. The van der Waals surface area contributed by atoms with Crippen molar-refractivity contribution in [3.8, 4) is 0 Å². The van der Waals surface area contributed by atoms with Crippen molar-refractivity contribution in [1.29, 1.82) is 0 Å². The number of amides is 1. The van der Waals surface area contributed by atoms with Gasteiger partial charge in [-0.25, -0.2) is 18.4 Å². The minimum Gasteiger partial charge on any atom is -0.454 e. The molecule has 4 fully saturated rings. The molecule has 0 aromatic rings. The number of carbonyl (C=O) groups is 4. The maximum atomic E-state index is 17.3. The summed E-state index contributed by atoms with van der Waals surface area (Å²) in [6, 6.07) is 0. The summed E-state index contributed by atoms with van der Waals surface area (Å²) in [4.78, 5) is 49.6. The van der Waals surface area contributed by atoms with Gasteiger partial charge in [0.25, 0.3) is 6.30 Å². The lowest BCUT2D eigenvalue weighted by Gasteiger charge is -2.65. The van der Waals surface area contributed by atoms with Crippen molar-refractivity contribution >= 4 is 23.6 Å². The molecule has 4 saturated carbocycles. The monoisotopic (exact) mass is 571 g/mol. The van der Waals surface area contributed by atoms with Gasteiger partial charge in [0.2, 0.25) is 5.78 Å². The van der Waals surface area contributed by atoms with Crippen LogP contribution in [0.4, 0.5) is 13.6 Å². The van der Waals surface area contributed by atoms with Crippen LogP contribution in [-0.4, -0.2) is 69.7 Å². The van der Waals surface area contributed by atoms with Gasteiger partial charge in [-0.1, -0.05) is 20.8 Å². The molecule has 0 bridgehead atoms. The molecule has 4 unspecified atom stereocenters. The summed E-state index contributed by atoms with van der Waals surface area (Å²) in [5.74, 6) is -4.18. The Morgan fingerprint density at radius 1 is 1.15 bits per heavy atom. The van der Waals surface area contributed by atoms with Gasteiger partial charge in [-0.2, -0.15) is 0 Å². The first-order chi connectivity index (χ1) is 18.3. The number of aliphatic hydroxyl groups is 2. The van der Waals surface area contributed by atoms with E-state index in [4.69, 9.17) is 9.47 Å². The van der Waals surface area contributed by atoms with Crippen LogP contribution in [0.3, 0.4) is 0 Å². The highest BCUT2D eigenvalue weighted by Gasteiger charge is 2.76. The largest absolute Gasteiger partial charge is 0.454 e. The molecule has 0 heterocycles. The Morgan fingerprint density at radius 2 is 1.80 bits per heavy atom. The number of ketones is 2. The quantitative estimate of drug-likeness (QED) is 0.336. The molecule has 1 amide bonds. The molecular formula is C29H43F2NO8. The summed E-state index contributed by atoms with van der Waals surface area (Å²) in [5, 5.41) is 25.1. The summed E-state index contributed by atoms with van der Waals surface area (Å²) in [6.45, 7) is 8.90. The van der Waals surface area contributed by atoms with E-state index in [0.717, 1.165) is 0 Å². The number of esters is 1. The van der Waals surface area contributed by atoms with Gasteiger partial charge in [0.1, 0.15) is 22.7 Å². The molecule has 0 aliphatic heterocycles. The number of alkyl halides is 2. The first-order valence-electron chi connectivity index (χ1n) is 14.3. The fourth-order valence-electron chi connectivity index (χ4n) is 8.77. The number of Topliss-reactive ketones (excluding diaryl/α,β-unsaturated/α-hetero) is 2. The molecular weight excluding hydrogens is 528 g/mol. The fraction of sp³-hybridized carbons (Fsp3) is 0.862. The Bertz CT molecular complexity index is 1080. The number of hydrogen-bond acceptors (Lipinski definition) is 8. The van der Waals surface area contributed by atoms with Crippen LogP contribution >= 0.6 is 0 Å². The molecule has 0 aromatic carbocycles. The van der Waals surface area contributed by atoms with Crippen LogP contribution in [0, 0.1) is 34.5 Å². The number of aliphatic hydroxyl groups excluding tert-OH is 1. The van der Waals surface area contributed by atoms with Gasteiger partial charge in [-0.05, 0) is 76.5 Å². The number of ether oxygens (including phenoxy) is 2. The predicted molar refractivity (Wildman–Crippen MR) is 138 cm³/mol. The molecule has 3 N–H and O–H groups in total. The SMILES string of the molecule is C[C@H]1CC2C3CCC4CC(=O)CC[C@]4(C)[C@@]3(F)[C@@H](O)C[C@]2(C)[C@@]1(O)C(=O)COC(=O)C(F)NC(=O)OC(C)(C)C. The second-order valence-electron chi connectivity index (χ2n) is 14.0. The van der Waals surface area contributed by atoms with E-state index >= 15 is 4.39 Å². The molecule has 226 valence electrons. The normalized spacial score (nSPS) is 43.5. The van der Waals surface area contributed by atoms with Crippen molar-refractivity contribution in [2.45, 2.75) is 116 Å². The van der Waals surface area contributed by atoms with Crippen LogP contribution in [0.25, 0.3) is 0 Å². The van der Waals surface area contributed by atoms with Crippen molar-refractivity contribution in [1.82, 2.24) is 5.32 Å². The van der Waals surface area contributed by atoms with Crippen LogP contribution in [0.1, 0.15) is 86.5 Å². The molecule has 4 aliphatic carbocycles. The van der Waals surface area contributed by atoms with Crippen LogP contribution in [0.5, 0.6) is 0 Å². The Balaban J connectivity index is 1.51. The summed E-state index contributed by atoms with van der Waals surface area (Å²) < 4.78 is 41.3. The molecule has 0 radical (unpaired) electrons. The first kappa shape index (κ1) is 30.8. The zero-order valence-corrected chi connectivity index (χ0v) is 24.2. The minimum absolute atomic E-state index is 0.112. The summed E-state index contributed by atoms with van der Waals surface area (Å²) in [6.07, 6.45) is -3.15. The number of nitrogens with one attached hydrogen (secondary N) is 1. The lowest BCUT2D eigenvalue weighted by molar-refractivity contribution is -0.255. The Labute approximate surface area is 233 Å². The number of hydrogen-bond donors (Lipinski definition) is 3. The second kappa shape index (κ2) is 10.00. The van der Waals surface area contributed by atoms with Gasteiger partial charge in [-0.15, -0.1) is 0 Å². The van der Waals surface area contributed by atoms with Gasteiger partial charge < -0.3 is 19.7 Å². The van der Waals surface area contributed by atoms with E-state index in [1.54, 1.807) is 39.9 Å². The van der Waals surface area contributed by atoms with Crippen LogP contribution < -0.4 is 5.32 Å². The van der Waals surface area contributed by atoms with E-state index in [-0.39, 0.29) is 24.5 Å². The number of fused-ring (bicyclic) bond motifs is 5. The number of rotatable bonds is 5. The number of carbonyl (C=O) groups excluding carboxylic acids is 4. The highest BCUT2D eigenvalue weighted by molar-refractivity contribution is 5.92. The van der Waals surface area contributed by atoms with Gasteiger partial charge in [-0.3, -0.25) is 14.9 Å². The lowest BCUT2D eigenvalue weighted by atomic mass is 9.42. The molecule has 0 spiro atoms. The maximum Gasteiger partial charge on any atom is 0.410 e. The standard InChI is InChI=1S/C29H43F2NO8/c1-15-11-19-18-8-7-16-12-17(33)9-10-26(16,5)28(18,31)20(34)13-27(19,6)29(15,38)21(35)14-39-23(36)22(30)32-24(37)40-25(2,3)4/h15-16,18-20,22,34,38H,7-14H2,1-6H3,(H,32,37)/t15-,16?,18?,19?,20-,22?,26-,27-,28-,29-/m0/s1. The average molecular weight is 572 g/mol. The molecule has 4 aliphatic rings. The number of alkyl carbamates (subject to hydrolysis) is 1. The molecule has 10 atom stereocenters. The predicted octanol–water partition coefficient (Wildman–Crippen LogP) is 3.57. The van der Waals surface area contributed by atoms with Gasteiger partial charge in [0.15, 0.2) is 6.61 Å². The van der Waals surface area contributed by atoms with Crippen LogP contribution in [-0.2, 0) is 23.9 Å². The Morgan fingerprint density at radius 3 is 2.42 bits per heavy atom. The highest BCUT2D eigenvalue weighted by Crippen LogP contribution is 2.71. The van der Waals surface area contributed by atoms with Crippen molar-refractivity contribution in [3.05, 3.63) is 0 Å². The van der Waals surface area contributed by atoms with Gasteiger partial charge in [0.05, 0.1) is 6.10 Å². The third-order valence-electron chi connectivity index (χ3n) is 10.8. The third-order valence-corrected chi connectivity index (χ3v) is 10.8. The molecule has 0 saturated heterocycles. The smallest absolute Gasteiger partial charge is 0.410 e. The molecule has 9 nitrogen and oxygen atoms in total. The molecule has 0 aromatic heterocycles. The summed E-state index contributed by atoms with van der Waals surface area (Å²) in [5.41, 5.74) is -7.09.